The Kier molecular flexibility index (Phi) is 4.24. The summed E-state index contributed by atoms with van der Waals surface area (Å²) in [6.07, 6.45) is 5.19. The molecule has 1 aromatic rings. The van der Waals surface area contributed by atoms with E-state index in [0.29, 0.717) is 11.6 Å². The van der Waals surface area contributed by atoms with Gasteiger partial charge in [-0.3, -0.25) is 0 Å². The second-order valence-corrected chi connectivity index (χ2v) is 5.15. The highest BCUT2D eigenvalue weighted by molar-refractivity contribution is 6.00. The van der Waals surface area contributed by atoms with Crippen LogP contribution in [0.2, 0.25) is 0 Å². The van der Waals surface area contributed by atoms with Crippen molar-refractivity contribution in [1.82, 2.24) is 0 Å². The maximum absolute atomic E-state index is 8.89. The lowest BCUT2D eigenvalue weighted by Gasteiger charge is -2.15. The fourth-order valence-electron chi connectivity index (χ4n) is 2.49. The number of hydrogen-bond donors (Lipinski definition) is 1. The van der Waals surface area contributed by atoms with E-state index < -0.39 is 0 Å². The Morgan fingerprint density at radius 3 is 2.78 bits per heavy atom. The molecule has 0 heterocycles. The van der Waals surface area contributed by atoms with Crippen LogP contribution in [0.15, 0.2) is 23.4 Å². The average molecular weight is 247 g/mol. The van der Waals surface area contributed by atoms with Crippen LogP contribution in [-0.2, 0) is 0 Å². The van der Waals surface area contributed by atoms with Crippen LogP contribution >= 0.6 is 0 Å². The molecule has 1 N–H and O–H groups in total. The summed E-state index contributed by atoms with van der Waals surface area (Å²) in [6, 6.07) is 5.97. The first-order valence-corrected chi connectivity index (χ1v) is 6.63. The molecule has 18 heavy (non-hydrogen) atoms. The smallest absolute Gasteiger partial charge is 0.128 e. The average Bonchev–Trinajstić information content (AvgIpc) is 2.88. The Bertz CT molecular complexity index is 434. The third-order valence-corrected chi connectivity index (χ3v) is 3.63. The molecule has 1 fully saturated rings. The predicted octanol–water partition coefficient (Wildman–Crippen LogP) is 3.76. The quantitative estimate of drug-likeness (QED) is 0.500. The fraction of sp³-hybridized carbons (Fsp3) is 0.533. The van der Waals surface area contributed by atoms with Crippen molar-refractivity contribution in [1.29, 1.82) is 0 Å². The highest BCUT2D eigenvalue weighted by Gasteiger charge is 2.16. The van der Waals surface area contributed by atoms with Crippen LogP contribution in [0, 0.1) is 12.8 Å². The Morgan fingerprint density at radius 1 is 1.39 bits per heavy atom. The molecule has 0 unspecified atom stereocenters. The third-order valence-electron chi connectivity index (χ3n) is 3.63. The number of benzene rings is 1. The predicted molar refractivity (Wildman–Crippen MR) is 72.6 cm³/mol. The topological polar surface area (TPSA) is 41.8 Å². The number of hydrogen-bond acceptors (Lipinski definition) is 3. The Morgan fingerprint density at radius 2 is 2.11 bits per heavy atom. The largest absolute Gasteiger partial charge is 0.493 e. The highest BCUT2D eigenvalue weighted by atomic mass is 16.5. The fourth-order valence-corrected chi connectivity index (χ4v) is 2.49. The molecule has 1 aliphatic rings. The van der Waals surface area contributed by atoms with Gasteiger partial charge in [0.15, 0.2) is 0 Å². The number of ether oxygens (including phenoxy) is 1. The second kappa shape index (κ2) is 5.89. The molecule has 0 amide bonds. The zero-order chi connectivity index (χ0) is 13.0. The van der Waals surface area contributed by atoms with E-state index in [2.05, 4.69) is 5.16 Å². The molecule has 0 spiro atoms. The summed E-state index contributed by atoms with van der Waals surface area (Å²) in [6.45, 7) is 4.60. The van der Waals surface area contributed by atoms with E-state index >= 15 is 0 Å². The highest BCUT2D eigenvalue weighted by Crippen LogP contribution is 2.27. The number of oxime groups is 1. The van der Waals surface area contributed by atoms with Crippen molar-refractivity contribution in [2.45, 2.75) is 39.5 Å². The Balaban J connectivity index is 2.11. The van der Waals surface area contributed by atoms with Crippen molar-refractivity contribution < 1.29 is 9.94 Å². The van der Waals surface area contributed by atoms with Gasteiger partial charge in [-0.1, -0.05) is 24.1 Å². The van der Waals surface area contributed by atoms with Crippen LogP contribution in [0.4, 0.5) is 0 Å². The maximum atomic E-state index is 8.89. The van der Waals surface area contributed by atoms with E-state index in [1.54, 1.807) is 6.92 Å². The van der Waals surface area contributed by atoms with Gasteiger partial charge in [0.2, 0.25) is 0 Å². The summed E-state index contributed by atoms with van der Waals surface area (Å²) in [5.74, 6) is 1.52. The first-order chi connectivity index (χ1) is 8.70. The van der Waals surface area contributed by atoms with Crippen molar-refractivity contribution in [3.63, 3.8) is 0 Å². The minimum Gasteiger partial charge on any atom is -0.493 e. The lowest BCUT2D eigenvalue weighted by molar-refractivity contribution is 0.251. The minimum absolute atomic E-state index is 0.594. The first-order valence-electron chi connectivity index (χ1n) is 6.63. The molecule has 1 aliphatic carbocycles. The molecule has 3 heteroatoms. The molecule has 0 atom stereocenters. The van der Waals surface area contributed by atoms with E-state index in [1.165, 1.54) is 25.7 Å². The lowest BCUT2D eigenvalue weighted by atomic mass is 10.1. The van der Waals surface area contributed by atoms with Gasteiger partial charge in [-0.05, 0) is 50.3 Å². The Hall–Kier alpha value is -1.51. The van der Waals surface area contributed by atoms with Gasteiger partial charge in [0.05, 0.1) is 12.3 Å². The number of aryl methyl sites for hydroxylation is 1. The SMILES string of the molecule is C/C(=N/O)c1ccc(C)cc1OCC1CCCC1. The van der Waals surface area contributed by atoms with Gasteiger partial charge in [-0.15, -0.1) is 0 Å². The number of nitrogens with zero attached hydrogens (tertiary/aromatic N) is 1. The van der Waals surface area contributed by atoms with Crippen molar-refractivity contribution in [2.75, 3.05) is 6.61 Å². The van der Waals surface area contributed by atoms with Gasteiger partial charge in [0.1, 0.15) is 5.75 Å². The lowest BCUT2D eigenvalue weighted by Crippen LogP contribution is -2.10. The van der Waals surface area contributed by atoms with Crippen molar-refractivity contribution >= 4 is 5.71 Å². The molecule has 0 radical (unpaired) electrons. The van der Waals surface area contributed by atoms with Crippen molar-refractivity contribution in [3.8, 4) is 5.75 Å². The van der Waals surface area contributed by atoms with Crippen LogP contribution in [0.1, 0.15) is 43.7 Å². The summed E-state index contributed by atoms with van der Waals surface area (Å²) in [4.78, 5) is 0. The van der Waals surface area contributed by atoms with Crippen LogP contribution in [0.25, 0.3) is 0 Å². The summed E-state index contributed by atoms with van der Waals surface area (Å²) >= 11 is 0. The maximum Gasteiger partial charge on any atom is 0.128 e. The molecule has 0 bridgehead atoms. The monoisotopic (exact) mass is 247 g/mol. The summed E-state index contributed by atoms with van der Waals surface area (Å²) in [7, 11) is 0. The minimum atomic E-state index is 0.594. The zero-order valence-corrected chi connectivity index (χ0v) is 11.1. The van der Waals surface area contributed by atoms with Gasteiger partial charge in [0, 0.05) is 5.56 Å². The van der Waals surface area contributed by atoms with E-state index in [9.17, 15) is 0 Å². The summed E-state index contributed by atoms with van der Waals surface area (Å²) < 4.78 is 5.93. The van der Waals surface area contributed by atoms with Crippen LogP contribution < -0.4 is 4.74 Å². The van der Waals surface area contributed by atoms with Gasteiger partial charge in [-0.25, -0.2) is 0 Å². The number of rotatable bonds is 4. The van der Waals surface area contributed by atoms with Crippen LogP contribution in [-0.4, -0.2) is 17.5 Å². The van der Waals surface area contributed by atoms with Crippen LogP contribution in [0.5, 0.6) is 5.75 Å². The Labute approximate surface area is 108 Å². The molecule has 0 aliphatic heterocycles. The van der Waals surface area contributed by atoms with Gasteiger partial charge >= 0.3 is 0 Å². The van der Waals surface area contributed by atoms with E-state index in [-0.39, 0.29) is 0 Å². The van der Waals surface area contributed by atoms with Crippen LogP contribution in [0.3, 0.4) is 0 Å². The summed E-state index contributed by atoms with van der Waals surface area (Å²) in [5.41, 5.74) is 2.63. The third kappa shape index (κ3) is 3.03. The molecule has 1 aromatic carbocycles. The molecular weight excluding hydrogens is 226 g/mol. The normalized spacial score (nSPS) is 17.1. The molecule has 3 nitrogen and oxygen atoms in total. The van der Waals surface area contributed by atoms with Gasteiger partial charge in [0.25, 0.3) is 0 Å². The molecule has 0 saturated heterocycles. The summed E-state index contributed by atoms with van der Waals surface area (Å²) in [5, 5.41) is 12.2. The second-order valence-electron chi connectivity index (χ2n) is 5.15. The zero-order valence-electron chi connectivity index (χ0n) is 11.1. The van der Waals surface area contributed by atoms with E-state index in [1.807, 2.05) is 25.1 Å². The molecule has 98 valence electrons. The van der Waals surface area contributed by atoms with Gasteiger partial charge in [-0.2, -0.15) is 0 Å². The molecular formula is C15H21NO2. The molecule has 1 saturated carbocycles. The molecule has 2 rings (SSSR count). The first kappa shape index (κ1) is 12.9. The van der Waals surface area contributed by atoms with Crippen molar-refractivity contribution in [3.05, 3.63) is 29.3 Å². The van der Waals surface area contributed by atoms with E-state index in [4.69, 9.17) is 9.94 Å². The molecule has 0 aromatic heterocycles. The standard InChI is InChI=1S/C15H21NO2/c1-11-7-8-14(12(2)16-17)15(9-11)18-10-13-5-3-4-6-13/h7-9,13,17H,3-6,10H2,1-2H3/b16-12-. The van der Waals surface area contributed by atoms with Gasteiger partial charge < -0.3 is 9.94 Å². The van der Waals surface area contributed by atoms with E-state index in [0.717, 1.165) is 23.5 Å². The van der Waals surface area contributed by atoms with Crippen molar-refractivity contribution in [2.24, 2.45) is 11.1 Å².